The smallest absolute Gasteiger partial charge is 0.234 e. The molecule has 0 spiro atoms. The van der Waals surface area contributed by atoms with Gasteiger partial charge >= 0.3 is 0 Å². The van der Waals surface area contributed by atoms with Crippen LogP contribution in [0.5, 0.6) is 0 Å². The molecule has 0 aromatic heterocycles. The van der Waals surface area contributed by atoms with Gasteiger partial charge in [0.25, 0.3) is 0 Å². The summed E-state index contributed by atoms with van der Waals surface area (Å²) in [6.45, 7) is 2.20. The number of amides is 1. The lowest BCUT2D eigenvalue weighted by molar-refractivity contribution is -0.122. The molecule has 1 saturated heterocycles. The molecule has 0 unspecified atom stereocenters. The number of carbonyl (C=O) groups is 1. The summed E-state index contributed by atoms with van der Waals surface area (Å²) in [4.78, 5) is 13.8. The van der Waals surface area contributed by atoms with Gasteiger partial charge in [0, 0.05) is 19.1 Å². The van der Waals surface area contributed by atoms with Crippen molar-refractivity contribution >= 4 is 17.7 Å². The van der Waals surface area contributed by atoms with Gasteiger partial charge in [-0.1, -0.05) is 0 Å². The minimum absolute atomic E-state index is 0.140. The Kier molecular flexibility index (Phi) is 3.95. The van der Waals surface area contributed by atoms with Crippen molar-refractivity contribution in [3.8, 4) is 6.07 Å². The summed E-state index contributed by atoms with van der Waals surface area (Å²) in [6, 6.07) is 2.86. The molecule has 4 nitrogen and oxygen atoms in total. The van der Waals surface area contributed by atoms with Gasteiger partial charge in [0.2, 0.25) is 5.91 Å². The van der Waals surface area contributed by atoms with Crippen molar-refractivity contribution in [1.29, 1.82) is 5.26 Å². The highest BCUT2D eigenvalue weighted by atomic mass is 32.2. The second-order valence-electron chi connectivity index (χ2n) is 4.93. The third-order valence-corrected chi connectivity index (χ3v) is 4.85. The van der Waals surface area contributed by atoms with Crippen molar-refractivity contribution in [3.05, 3.63) is 0 Å². The number of hydrogen-bond donors (Lipinski definition) is 1. The van der Waals surface area contributed by atoms with Crippen LogP contribution in [0.15, 0.2) is 0 Å². The number of likely N-dealkylation sites (tertiary alicyclic amines) is 1. The van der Waals surface area contributed by atoms with Crippen molar-refractivity contribution in [2.45, 2.75) is 36.5 Å². The van der Waals surface area contributed by atoms with Crippen LogP contribution in [-0.2, 0) is 4.79 Å². The molecule has 1 aliphatic heterocycles. The molecule has 0 aromatic carbocycles. The fraction of sp³-hybridized carbons (Fsp3) is 0.833. The fourth-order valence-electron chi connectivity index (χ4n) is 2.14. The number of hydrogen-bond acceptors (Lipinski definition) is 4. The number of nitriles is 1. The van der Waals surface area contributed by atoms with Gasteiger partial charge in [-0.15, -0.1) is 11.8 Å². The lowest BCUT2D eigenvalue weighted by atomic mass is 9.97. The lowest BCUT2D eigenvalue weighted by Gasteiger charge is -2.35. The Labute approximate surface area is 107 Å². The standard InChI is InChI=1S/C12H19N3OS/c1-17-12(9-13)4-6-15(7-5-12)8-11(16)14-10-2-3-10/h10H,2-8H2,1H3,(H,14,16). The van der Waals surface area contributed by atoms with Gasteiger partial charge in [-0.3, -0.25) is 9.69 Å². The Morgan fingerprint density at radius 3 is 2.65 bits per heavy atom. The van der Waals surface area contributed by atoms with Gasteiger partial charge in [0.1, 0.15) is 4.75 Å². The Balaban J connectivity index is 1.74. The fourth-order valence-corrected chi connectivity index (χ4v) is 2.82. The predicted molar refractivity (Wildman–Crippen MR) is 68.7 cm³/mol. The van der Waals surface area contributed by atoms with E-state index >= 15 is 0 Å². The van der Waals surface area contributed by atoms with Crippen LogP contribution >= 0.6 is 11.8 Å². The minimum Gasteiger partial charge on any atom is -0.352 e. The maximum Gasteiger partial charge on any atom is 0.234 e. The Bertz CT molecular complexity index is 327. The first kappa shape index (κ1) is 12.7. The van der Waals surface area contributed by atoms with E-state index in [0.29, 0.717) is 12.6 Å². The number of carbonyl (C=O) groups excluding carboxylic acids is 1. The average molecular weight is 253 g/mol. The quantitative estimate of drug-likeness (QED) is 0.811. The SMILES string of the molecule is CSC1(C#N)CCN(CC(=O)NC2CC2)CC1. The highest BCUT2D eigenvalue weighted by molar-refractivity contribution is 8.00. The van der Waals surface area contributed by atoms with E-state index in [1.165, 1.54) is 0 Å². The number of nitrogens with one attached hydrogen (secondary N) is 1. The van der Waals surface area contributed by atoms with Gasteiger partial charge in [-0.25, -0.2) is 0 Å². The number of rotatable bonds is 4. The molecule has 0 atom stereocenters. The summed E-state index contributed by atoms with van der Waals surface area (Å²) in [6.07, 6.45) is 5.99. The highest BCUT2D eigenvalue weighted by Gasteiger charge is 2.34. The Morgan fingerprint density at radius 2 is 2.18 bits per heavy atom. The van der Waals surface area contributed by atoms with Crippen molar-refractivity contribution in [2.75, 3.05) is 25.9 Å². The molecular weight excluding hydrogens is 234 g/mol. The molecule has 0 radical (unpaired) electrons. The van der Waals surface area contributed by atoms with Crippen LogP contribution in [0.4, 0.5) is 0 Å². The van der Waals surface area contributed by atoms with Crippen molar-refractivity contribution in [3.63, 3.8) is 0 Å². The molecule has 2 fully saturated rings. The van der Waals surface area contributed by atoms with E-state index in [1.807, 2.05) is 6.26 Å². The molecule has 1 saturated carbocycles. The summed E-state index contributed by atoms with van der Waals surface area (Å²) in [5, 5.41) is 12.2. The third-order valence-electron chi connectivity index (χ3n) is 3.57. The van der Waals surface area contributed by atoms with E-state index in [-0.39, 0.29) is 10.7 Å². The Hall–Kier alpha value is -0.730. The van der Waals surface area contributed by atoms with Crippen LogP contribution in [-0.4, -0.2) is 47.5 Å². The maximum absolute atomic E-state index is 11.6. The molecule has 1 amide bonds. The summed E-state index contributed by atoms with van der Waals surface area (Å²) in [5.74, 6) is 0.140. The minimum atomic E-state index is -0.219. The number of nitrogens with zero attached hydrogens (tertiary/aromatic N) is 2. The monoisotopic (exact) mass is 253 g/mol. The predicted octanol–water partition coefficient (Wildman–Crippen LogP) is 0.986. The molecule has 17 heavy (non-hydrogen) atoms. The first-order valence-corrected chi connectivity index (χ1v) is 7.38. The van der Waals surface area contributed by atoms with E-state index in [4.69, 9.17) is 5.26 Å². The molecule has 1 heterocycles. The zero-order chi connectivity index (χ0) is 12.3. The molecule has 1 aliphatic carbocycles. The first-order chi connectivity index (χ1) is 8.17. The van der Waals surface area contributed by atoms with Crippen LogP contribution in [0, 0.1) is 11.3 Å². The molecule has 0 aromatic rings. The third kappa shape index (κ3) is 3.36. The zero-order valence-electron chi connectivity index (χ0n) is 10.2. The normalized spacial score (nSPS) is 24.0. The maximum atomic E-state index is 11.6. The van der Waals surface area contributed by atoms with Crippen LogP contribution in [0.2, 0.25) is 0 Å². The average Bonchev–Trinajstić information content (AvgIpc) is 3.14. The number of piperidine rings is 1. The number of thioether (sulfide) groups is 1. The summed E-state index contributed by atoms with van der Waals surface area (Å²) < 4.78 is -0.219. The topological polar surface area (TPSA) is 56.1 Å². The van der Waals surface area contributed by atoms with Crippen LogP contribution < -0.4 is 5.32 Å². The van der Waals surface area contributed by atoms with Crippen LogP contribution in [0.1, 0.15) is 25.7 Å². The van der Waals surface area contributed by atoms with Gasteiger partial charge in [0.15, 0.2) is 0 Å². The molecule has 2 rings (SSSR count). The lowest BCUT2D eigenvalue weighted by Crippen LogP contribution is -2.46. The zero-order valence-corrected chi connectivity index (χ0v) is 11.1. The van der Waals surface area contributed by atoms with Gasteiger partial charge < -0.3 is 5.32 Å². The van der Waals surface area contributed by atoms with E-state index in [9.17, 15) is 4.79 Å². The molecule has 1 N–H and O–H groups in total. The van der Waals surface area contributed by atoms with Gasteiger partial charge in [-0.05, 0) is 31.9 Å². The second-order valence-corrected chi connectivity index (χ2v) is 6.12. The molecule has 2 aliphatic rings. The van der Waals surface area contributed by atoms with Gasteiger partial charge in [0.05, 0.1) is 12.6 Å². The van der Waals surface area contributed by atoms with E-state index in [0.717, 1.165) is 38.8 Å². The molecule has 0 bridgehead atoms. The first-order valence-electron chi connectivity index (χ1n) is 6.15. The molecule has 94 valence electrons. The van der Waals surface area contributed by atoms with E-state index in [2.05, 4.69) is 16.3 Å². The van der Waals surface area contributed by atoms with Crippen molar-refractivity contribution < 1.29 is 4.79 Å². The summed E-state index contributed by atoms with van der Waals surface area (Å²) in [7, 11) is 0. The van der Waals surface area contributed by atoms with E-state index < -0.39 is 0 Å². The second kappa shape index (κ2) is 5.28. The van der Waals surface area contributed by atoms with Crippen LogP contribution in [0.3, 0.4) is 0 Å². The van der Waals surface area contributed by atoms with Gasteiger partial charge in [-0.2, -0.15) is 5.26 Å². The summed E-state index contributed by atoms with van der Waals surface area (Å²) in [5.41, 5.74) is 0. The Morgan fingerprint density at radius 1 is 1.53 bits per heavy atom. The summed E-state index contributed by atoms with van der Waals surface area (Å²) >= 11 is 1.65. The van der Waals surface area contributed by atoms with E-state index in [1.54, 1.807) is 11.8 Å². The molecular formula is C12H19N3OS. The van der Waals surface area contributed by atoms with Crippen molar-refractivity contribution in [2.24, 2.45) is 0 Å². The van der Waals surface area contributed by atoms with Crippen LogP contribution in [0.25, 0.3) is 0 Å². The van der Waals surface area contributed by atoms with Crippen molar-refractivity contribution in [1.82, 2.24) is 10.2 Å². The largest absolute Gasteiger partial charge is 0.352 e. The molecule has 5 heteroatoms. The highest BCUT2D eigenvalue weighted by Crippen LogP contribution is 2.33.